The van der Waals surface area contributed by atoms with Crippen LogP contribution in [-0.2, 0) is 16.0 Å². The van der Waals surface area contributed by atoms with Crippen LogP contribution in [-0.4, -0.2) is 42.4 Å². The number of nitrogens with two attached hydrogens (primary N) is 1. The fraction of sp³-hybridized carbons (Fsp3) is 0.529. The van der Waals surface area contributed by atoms with Crippen LogP contribution in [0.15, 0.2) is 24.3 Å². The van der Waals surface area contributed by atoms with E-state index in [1.807, 2.05) is 0 Å². The van der Waals surface area contributed by atoms with Crippen molar-refractivity contribution in [2.24, 2.45) is 17.6 Å². The van der Waals surface area contributed by atoms with E-state index in [1.54, 1.807) is 17.0 Å². The van der Waals surface area contributed by atoms with Gasteiger partial charge in [-0.15, -0.1) is 12.4 Å². The summed E-state index contributed by atoms with van der Waals surface area (Å²) in [5, 5.41) is 2.62. The van der Waals surface area contributed by atoms with Crippen LogP contribution in [0.25, 0.3) is 0 Å². The van der Waals surface area contributed by atoms with Crippen LogP contribution < -0.4 is 11.1 Å². The molecule has 0 bridgehead atoms. The Hall–Kier alpha value is -1.66. The molecule has 5 nitrogen and oxygen atoms in total. The minimum Gasteiger partial charge on any atom is -0.347 e. The molecular weight excluding hydrogens is 333 g/mol. The van der Waals surface area contributed by atoms with Gasteiger partial charge < -0.3 is 16.0 Å². The lowest BCUT2D eigenvalue weighted by atomic mass is 9.98. The number of nitrogens with one attached hydrogen (secondary N) is 1. The first-order valence-electron chi connectivity index (χ1n) is 8.07. The fourth-order valence-electron chi connectivity index (χ4n) is 3.69. The van der Waals surface area contributed by atoms with Crippen molar-refractivity contribution in [3.8, 4) is 0 Å². The van der Waals surface area contributed by atoms with Crippen molar-refractivity contribution >= 4 is 24.2 Å². The van der Waals surface area contributed by atoms with E-state index in [2.05, 4.69) is 5.32 Å². The van der Waals surface area contributed by atoms with Crippen LogP contribution in [0, 0.1) is 17.7 Å². The molecule has 2 amide bonds. The lowest BCUT2D eigenvalue weighted by Gasteiger charge is -2.19. The minimum absolute atomic E-state index is 0. The second kappa shape index (κ2) is 7.94. The Morgan fingerprint density at radius 3 is 2.79 bits per heavy atom. The van der Waals surface area contributed by atoms with Gasteiger partial charge in [-0.2, -0.15) is 0 Å². The second-order valence-electron chi connectivity index (χ2n) is 6.55. The van der Waals surface area contributed by atoms with Gasteiger partial charge in [0.15, 0.2) is 0 Å². The van der Waals surface area contributed by atoms with Gasteiger partial charge in [-0.3, -0.25) is 9.59 Å². The van der Waals surface area contributed by atoms with Gasteiger partial charge in [0.2, 0.25) is 11.8 Å². The van der Waals surface area contributed by atoms with Gasteiger partial charge in [0.05, 0.1) is 13.0 Å². The Morgan fingerprint density at radius 1 is 1.29 bits per heavy atom. The lowest BCUT2D eigenvalue weighted by Crippen LogP contribution is -2.40. The maximum absolute atomic E-state index is 13.1. The molecule has 2 aliphatic rings. The van der Waals surface area contributed by atoms with Crippen LogP contribution in [0.3, 0.4) is 0 Å². The van der Waals surface area contributed by atoms with Crippen LogP contribution in [0.1, 0.15) is 18.4 Å². The van der Waals surface area contributed by atoms with E-state index in [0.29, 0.717) is 23.9 Å². The van der Waals surface area contributed by atoms with Crippen molar-refractivity contribution in [2.45, 2.75) is 25.3 Å². The Morgan fingerprint density at radius 2 is 2.08 bits per heavy atom. The molecule has 2 fully saturated rings. The highest BCUT2D eigenvalue weighted by atomic mass is 35.5. The van der Waals surface area contributed by atoms with E-state index in [0.717, 1.165) is 19.4 Å². The minimum atomic E-state index is -0.369. The average Bonchev–Trinajstić information content (AvgIpc) is 3.07. The van der Waals surface area contributed by atoms with Crippen LogP contribution in [0.5, 0.6) is 0 Å². The molecule has 0 aromatic heterocycles. The summed E-state index contributed by atoms with van der Waals surface area (Å²) in [5.41, 5.74) is 6.66. The molecule has 3 atom stereocenters. The van der Waals surface area contributed by atoms with E-state index >= 15 is 0 Å². The summed E-state index contributed by atoms with van der Waals surface area (Å²) in [4.78, 5) is 25.9. The Kier molecular flexibility index (Phi) is 6.18. The first-order valence-corrected chi connectivity index (χ1v) is 8.07. The normalized spacial score (nSPS) is 25.1. The zero-order chi connectivity index (χ0) is 16.4. The van der Waals surface area contributed by atoms with E-state index in [9.17, 15) is 14.0 Å². The number of hydrogen-bond acceptors (Lipinski definition) is 3. The summed E-state index contributed by atoms with van der Waals surface area (Å²) in [6, 6.07) is 6.10. The van der Waals surface area contributed by atoms with Crippen molar-refractivity contribution in [3.63, 3.8) is 0 Å². The van der Waals surface area contributed by atoms with Crippen molar-refractivity contribution in [2.75, 3.05) is 19.6 Å². The summed E-state index contributed by atoms with van der Waals surface area (Å²) in [6.45, 7) is 1.43. The Bertz CT molecular complexity index is 613. The number of amides is 2. The predicted molar refractivity (Wildman–Crippen MR) is 91.1 cm³/mol. The molecule has 132 valence electrons. The molecule has 7 heteroatoms. The van der Waals surface area contributed by atoms with E-state index < -0.39 is 0 Å². The van der Waals surface area contributed by atoms with Gasteiger partial charge >= 0.3 is 0 Å². The number of likely N-dealkylation sites (tertiary alicyclic amines) is 1. The van der Waals surface area contributed by atoms with Crippen LogP contribution in [0.4, 0.5) is 4.39 Å². The number of nitrogens with zero attached hydrogens (tertiary/aromatic N) is 1. The molecule has 1 heterocycles. The molecule has 1 aliphatic heterocycles. The van der Waals surface area contributed by atoms with E-state index in [4.69, 9.17) is 5.73 Å². The third-order valence-electron chi connectivity index (χ3n) is 4.96. The number of fused-ring (bicyclic) bond motifs is 1. The van der Waals surface area contributed by atoms with Gasteiger partial charge in [0.1, 0.15) is 5.82 Å². The quantitative estimate of drug-likeness (QED) is 0.849. The van der Waals surface area contributed by atoms with Crippen LogP contribution in [0.2, 0.25) is 0 Å². The molecule has 1 aromatic rings. The highest BCUT2D eigenvalue weighted by molar-refractivity contribution is 5.86. The van der Waals surface area contributed by atoms with Gasteiger partial charge in [-0.1, -0.05) is 12.1 Å². The lowest BCUT2D eigenvalue weighted by molar-refractivity contribution is -0.132. The van der Waals surface area contributed by atoms with Gasteiger partial charge in [0, 0.05) is 19.1 Å². The summed E-state index contributed by atoms with van der Waals surface area (Å²) >= 11 is 0. The predicted octanol–water partition coefficient (Wildman–Crippen LogP) is 1.10. The molecule has 1 saturated carbocycles. The number of halogens is 2. The van der Waals surface area contributed by atoms with Crippen LogP contribution >= 0.6 is 12.4 Å². The standard InChI is InChI=1S/C17H22FN3O2.ClH/c18-13-3-1-2-11(6-13)7-16(22)20-8-17(23)21-9-12-4-5-15(19)14(12)10-21;/h1-3,6,12,14-15H,4-5,7-10,19H2,(H,20,22);1H. The first kappa shape index (κ1) is 18.7. The molecule has 1 aromatic carbocycles. The Balaban J connectivity index is 0.00000208. The topological polar surface area (TPSA) is 75.4 Å². The van der Waals surface area contributed by atoms with Crippen molar-refractivity contribution in [1.82, 2.24) is 10.2 Å². The number of hydrogen-bond donors (Lipinski definition) is 2. The molecular formula is C17H23ClFN3O2. The van der Waals surface area contributed by atoms with Crippen molar-refractivity contribution < 1.29 is 14.0 Å². The van der Waals surface area contributed by atoms with E-state index in [1.165, 1.54) is 12.1 Å². The van der Waals surface area contributed by atoms with Gasteiger partial charge in [-0.25, -0.2) is 4.39 Å². The number of carbonyl (C=O) groups is 2. The van der Waals surface area contributed by atoms with Gasteiger partial charge in [-0.05, 0) is 42.4 Å². The second-order valence-corrected chi connectivity index (χ2v) is 6.55. The van der Waals surface area contributed by atoms with Crippen molar-refractivity contribution in [1.29, 1.82) is 0 Å². The summed E-state index contributed by atoms with van der Waals surface area (Å²) in [5.74, 6) is 0.199. The molecule has 0 spiro atoms. The highest BCUT2D eigenvalue weighted by Crippen LogP contribution is 2.36. The Labute approximate surface area is 147 Å². The number of benzene rings is 1. The SMILES string of the molecule is Cl.NC1CCC2CN(C(=O)CNC(=O)Cc3cccc(F)c3)CC12. The smallest absolute Gasteiger partial charge is 0.241 e. The molecule has 1 aliphatic carbocycles. The largest absolute Gasteiger partial charge is 0.347 e. The monoisotopic (exact) mass is 355 g/mol. The maximum Gasteiger partial charge on any atom is 0.241 e. The third kappa shape index (κ3) is 4.24. The fourth-order valence-corrected chi connectivity index (χ4v) is 3.69. The van der Waals surface area contributed by atoms with Crippen molar-refractivity contribution in [3.05, 3.63) is 35.6 Å². The maximum atomic E-state index is 13.1. The molecule has 3 N–H and O–H groups in total. The average molecular weight is 356 g/mol. The molecule has 1 saturated heterocycles. The summed E-state index contributed by atoms with van der Waals surface area (Å²) in [7, 11) is 0. The summed E-state index contributed by atoms with van der Waals surface area (Å²) in [6.07, 6.45) is 2.20. The van der Waals surface area contributed by atoms with E-state index in [-0.39, 0.29) is 49.0 Å². The zero-order valence-corrected chi connectivity index (χ0v) is 14.2. The summed E-state index contributed by atoms with van der Waals surface area (Å²) < 4.78 is 13.1. The molecule has 0 radical (unpaired) electrons. The molecule has 3 unspecified atom stereocenters. The third-order valence-corrected chi connectivity index (χ3v) is 4.96. The first-order chi connectivity index (χ1) is 11.0. The number of rotatable bonds is 4. The van der Waals surface area contributed by atoms with Gasteiger partial charge in [0.25, 0.3) is 0 Å². The zero-order valence-electron chi connectivity index (χ0n) is 13.4. The highest BCUT2D eigenvalue weighted by Gasteiger charge is 2.42. The molecule has 3 rings (SSSR count). The number of carbonyl (C=O) groups excluding carboxylic acids is 2. The molecule has 24 heavy (non-hydrogen) atoms.